The minimum atomic E-state index is -1.01. The van der Waals surface area contributed by atoms with Crippen LogP contribution in [-0.4, -0.2) is 17.2 Å². The number of hydrogen-bond donors (Lipinski definition) is 3. The first-order valence-corrected chi connectivity index (χ1v) is 6.18. The van der Waals surface area contributed by atoms with Crippen LogP contribution in [0.4, 0.5) is 15.8 Å². The molecule has 0 fully saturated rings. The molecule has 104 valence electrons. The predicted molar refractivity (Wildman–Crippen MR) is 76.5 cm³/mol. The third-order valence-electron chi connectivity index (χ3n) is 2.78. The van der Waals surface area contributed by atoms with Crippen molar-refractivity contribution < 1.29 is 14.3 Å². The number of aromatic carboxylic acids is 1. The summed E-state index contributed by atoms with van der Waals surface area (Å²) in [5.41, 5.74) is 1.02. The topological polar surface area (TPSA) is 61.4 Å². The molecule has 2 aromatic carbocycles. The van der Waals surface area contributed by atoms with E-state index >= 15 is 0 Å². The number of rotatable bonds is 5. The van der Waals surface area contributed by atoms with Crippen LogP contribution in [0.15, 0.2) is 48.5 Å². The highest BCUT2D eigenvalue weighted by atomic mass is 19.1. The summed E-state index contributed by atoms with van der Waals surface area (Å²) in [5.74, 6) is -1.36. The van der Waals surface area contributed by atoms with Crippen molar-refractivity contribution in [2.45, 2.75) is 13.1 Å². The number of carbonyl (C=O) groups is 1. The van der Waals surface area contributed by atoms with E-state index in [1.54, 1.807) is 43.3 Å². The lowest BCUT2D eigenvalue weighted by atomic mass is 10.2. The molecule has 0 aliphatic heterocycles. The van der Waals surface area contributed by atoms with E-state index in [0.717, 1.165) is 0 Å². The highest BCUT2D eigenvalue weighted by Crippen LogP contribution is 2.18. The van der Waals surface area contributed by atoms with Gasteiger partial charge in [0.25, 0.3) is 0 Å². The van der Waals surface area contributed by atoms with Gasteiger partial charge in [-0.15, -0.1) is 0 Å². The second kappa shape index (κ2) is 6.06. The number of halogens is 1. The van der Waals surface area contributed by atoms with Gasteiger partial charge in [-0.25, -0.2) is 9.18 Å². The Kier molecular flexibility index (Phi) is 4.20. The monoisotopic (exact) mass is 274 g/mol. The van der Waals surface area contributed by atoms with Crippen molar-refractivity contribution in [2.24, 2.45) is 0 Å². The highest BCUT2D eigenvalue weighted by Gasteiger charge is 2.11. The third-order valence-corrected chi connectivity index (χ3v) is 2.78. The van der Waals surface area contributed by atoms with Crippen molar-refractivity contribution in [2.75, 3.05) is 10.6 Å². The molecule has 4 nitrogen and oxygen atoms in total. The maximum absolute atomic E-state index is 13.5. The molecule has 3 N–H and O–H groups in total. The van der Waals surface area contributed by atoms with Crippen LogP contribution in [0.2, 0.25) is 0 Å². The molecule has 0 amide bonds. The van der Waals surface area contributed by atoms with Gasteiger partial charge in [-0.1, -0.05) is 24.3 Å². The molecule has 2 aromatic rings. The second-order valence-electron chi connectivity index (χ2n) is 4.34. The Bertz CT molecular complexity index is 616. The molecule has 5 heteroatoms. The van der Waals surface area contributed by atoms with Gasteiger partial charge < -0.3 is 15.7 Å². The molecule has 2 rings (SSSR count). The molecule has 0 aliphatic carbocycles. The average Bonchev–Trinajstić information content (AvgIpc) is 2.41. The minimum absolute atomic E-state index is 0.176. The molecule has 0 saturated carbocycles. The van der Waals surface area contributed by atoms with Gasteiger partial charge in [-0.3, -0.25) is 0 Å². The van der Waals surface area contributed by atoms with Crippen LogP contribution in [0.3, 0.4) is 0 Å². The van der Waals surface area contributed by atoms with Crippen molar-refractivity contribution in [3.05, 3.63) is 59.9 Å². The Morgan fingerprint density at radius 2 is 1.60 bits per heavy atom. The van der Waals surface area contributed by atoms with E-state index in [2.05, 4.69) is 10.6 Å². The van der Waals surface area contributed by atoms with Crippen molar-refractivity contribution in [3.63, 3.8) is 0 Å². The molecule has 0 heterocycles. The fourth-order valence-corrected chi connectivity index (χ4v) is 1.88. The fraction of sp³-hybridized carbons (Fsp3) is 0.133. The number of hydrogen-bond acceptors (Lipinski definition) is 3. The lowest BCUT2D eigenvalue weighted by Crippen LogP contribution is -2.26. The van der Waals surface area contributed by atoms with Crippen LogP contribution >= 0.6 is 0 Å². The second-order valence-corrected chi connectivity index (χ2v) is 4.34. The Labute approximate surface area is 116 Å². The highest BCUT2D eigenvalue weighted by molar-refractivity contribution is 5.94. The molecule has 1 unspecified atom stereocenters. The number of benzene rings is 2. The van der Waals surface area contributed by atoms with Gasteiger partial charge in [0.15, 0.2) is 0 Å². The third kappa shape index (κ3) is 3.26. The summed E-state index contributed by atoms with van der Waals surface area (Å²) < 4.78 is 13.5. The van der Waals surface area contributed by atoms with Crippen molar-refractivity contribution in [1.29, 1.82) is 0 Å². The van der Waals surface area contributed by atoms with Gasteiger partial charge >= 0.3 is 5.97 Å². The first kappa shape index (κ1) is 13.9. The normalized spacial score (nSPS) is 11.7. The van der Waals surface area contributed by atoms with Crippen LogP contribution in [-0.2, 0) is 0 Å². The first-order valence-electron chi connectivity index (χ1n) is 6.18. The number of para-hydroxylation sites is 2. The molecule has 1 atom stereocenters. The summed E-state index contributed by atoms with van der Waals surface area (Å²) in [6.45, 7) is 1.78. The maximum atomic E-state index is 13.5. The zero-order valence-electron chi connectivity index (χ0n) is 10.9. The largest absolute Gasteiger partial charge is 0.478 e. The van der Waals surface area contributed by atoms with E-state index in [0.29, 0.717) is 11.4 Å². The van der Waals surface area contributed by atoms with Crippen LogP contribution in [0.1, 0.15) is 17.3 Å². The van der Waals surface area contributed by atoms with Crippen molar-refractivity contribution >= 4 is 17.3 Å². The molecule has 20 heavy (non-hydrogen) atoms. The smallest absolute Gasteiger partial charge is 0.337 e. The molecule has 0 aromatic heterocycles. The molecule has 0 bridgehead atoms. The summed E-state index contributed by atoms with van der Waals surface area (Å²) in [6.07, 6.45) is -0.326. The molecule has 0 aliphatic rings. The summed E-state index contributed by atoms with van der Waals surface area (Å²) in [4.78, 5) is 11.1. The van der Waals surface area contributed by atoms with Crippen LogP contribution in [0.25, 0.3) is 0 Å². The minimum Gasteiger partial charge on any atom is -0.478 e. The Morgan fingerprint density at radius 3 is 2.25 bits per heavy atom. The summed E-state index contributed by atoms with van der Waals surface area (Å²) in [7, 11) is 0. The number of carboxylic acid groups (broad SMARTS) is 1. The molecular formula is C15H15FN2O2. The van der Waals surface area contributed by atoms with Gasteiger partial charge in [0.05, 0.1) is 23.1 Å². The zero-order chi connectivity index (χ0) is 14.5. The quantitative estimate of drug-likeness (QED) is 0.731. The van der Waals surface area contributed by atoms with E-state index in [4.69, 9.17) is 5.11 Å². The van der Waals surface area contributed by atoms with Crippen LogP contribution in [0, 0.1) is 5.82 Å². The summed E-state index contributed by atoms with van der Waals surface area (Å²) in [5, 5.41) is 15.0. The first-order chi connectivity index (χ1) is 9.58. The van der Waals surface area contributed by atoms with E-state index in [1.807, 2.05) is 0 Å². The number of anilines is 2. The lowest BCUT2D eigenvalue weighted by molar-refractivity contribution is 0.0698. The van der Waals surface area contributed by atoms with E-state index in [-0.39, 0.29) is 17.5 Å². The molecular weight excluding hydrogens is 259 g/mol. The maximum Gasteiger partial charge on any atom is 0.337 e. The summed E-state index contributed by atoms with van der Waals surface area (Å²) >= 11 is 0. The van der Waals surface area contributed by atoms with Gasteiger partial charge in [-0.05, 0) is 31.2 Å². The number of carboxylic acids is 1. The Balaban J connectivity index is 2.11. The number of nitrogens with one attached hydrogen (secondary N) is 2. The molecule has 0 saturated heterocycles. The molecule has 0 spiro atoms. The Hall–Kier alpha value is -2.56. The van der Waals surface area contributed by atoms with E-state index < -0.39 is 5.97 Å². The average molecular weight is 274 g/mol. The standard InChI is InChI=1S/C15H15FN2O2/c1-10(18-14-9-5-3-7-12(14)16)17-13-8-4-2-6-11(13)15(19)20/h2-10,17-18H,1H3,(H,19,20). The fourth-order valence-electron chi connectivity index (χ4n) is 1.88. The molecule has 0 radical (unpaired) electrons. The van der Waals surface area contributed by atoms with Crippen molar-refractivity contribution in [1.82, 2.24) is 0 Å². The van der Waals surface area contributed by atoms with Crippen LogP contribution < -0.4 is 10.6 Å². The van der Waals surface area contributed by atoms with Gasteiger partial charge in [0, 0.05) is 0 Å². The SMILES string of the molecule is CC(Nc1ccccc1F)Nc1ccccc1C(=O)O. The lowest BCUT2D eigenvalue weighted by Gasteiger charge is -2.19. The van der Waals surface area contributed by atoms with E-state index in [9.17, 15) is 9.18 Å². The van der Waals surface area contributed by atoms with E-state index in [1.165, 1.54) is 12.1 Å². The Morgan fingerprint density at radius 1 is 1.05 bits per heavy atom. The summed E-state index contributed by atoms with van der Waals surface area (Å²) in [6, 6.07) is 12.9. The van der Waals surface area contributed by atoms with Gasteiger partial charge in [0.1, 0.15) is 5.82 Å². The zero-order valence-corrected chi connectivity index (χ0v) is 10.9. The van der Waals surface area contributed by atoms with Crippen molar-refractivity contribution in [3.8, 4) is 0 Å². The van der Waals surface area contributed by atoms with Crippen LogP contribution in [0.5, 0.6) is 0 Å². The predicted octanol–water partition coefficient (Wildman–Crippen LogP) is 3.39. The van der Waals surface area contributed by atoms with Gasteiger partial charge in [-0.2, -0.15) is 0 Å². The van der Waals surface area contributed by atoms with Gasteiger partial charge in [0.2, 0.25) is 0 Å².